The van der Waals surface area contributed by atoms with Crippen LogP contribution in [0, 0.1) is 0 Å². The summed E-state index contributed by atoms with van der Waals surface area (Å²) in [4.78, 5) is 21.4. The molecule has 0 radical (unpaired) electrons. The molecule has 0 bridgehead atoms. The molecule has 10 nitrogen and oxygen atoms in total. The second-order valence-electron chi connectivity index (χ2n) is 7.75. The molecule has 0 aliphatic carbocycles. The molecule has 36 heavy (non-hydrogen) atoms. The average molecular weight is 544 g/mol. The molecule has 4 aromatic rings. The van der Waals surface area contributed by atoms with Crippen molar-refractivity contribution in [2.45, 2.75) is 38.4 Å². The lowest BCUT2D eigenvalue weighted by Crippen LogP contribution is -2.37. The molecule has 2 unspecified atom stereocenters. The first kappa shape index (κ1) is 25.8. The number of aliphatic hydroxyl groups is 2. The van der Waals surface area contributed by atoms with Gasteiger partial charge in [0.2, 0.25) is 0 Å². The molecule has 0 spiro atoms. The van der Waals surface area contributed by atoms with Gasteiger partial charge < -0.3 is 10.2 Å². The number of nitrogens with zero attached hydrogens (tertiary/aromatic N) is 7. The maximum Gasteiger partial charge on any atom is 0.416 e. The number of hydrogen-bond acceptors (Lipinski definition) is 7. The second kappa shape index (κ2) is 10.0. The van der Waals surface area contributed by atoms with Crippen molar-refractivity contribution in [2.75, 3.05) is 0 Å². The maximum absolute atomic E-state index is 13.1. The summed E-state index contributed by atoms with van der Waals surface area (Å²) >= 11 is 11.8. The monoisotopic (exact) mass is 543 g/mol. The van der Waals surface area contributed by atoms with Gasteiger partial charge in [-0.2, -0.15) is 17.9 Å². The Hall–Kier alpha value is -3.26. The number of pyridine rings is 1. The van der Waals surface area contributed by atoms with Crippen molar-refractivity contribution in [3.8, 4) is 17.2 Å². The van der Waals surface area contributed by atoms with Crippen LogP contribution < -0.4 is 5.69 Å². The van der Waals surface area contributed by atoms with Crippen LogP contribution in [0.25, 0.3) is 17.2 Å². The molecule has 0 saturated carbocycles. The summed E-state index contributed by atoms with van der Waals surface area (Å²) in [5.41, 5.74) is -0.624. The highest BCUT2D eigenvalue weighted by Gasteiger charge is 2.39. The van der Waals surface area contributed by atoms with E-state index in [1.54, 1.807) is 12.1 Å². The molecule has 2 atom stereocenters. The molecule has 0 fully saturated rings. The van der Waals surface area contributed by atoms with E-state index in [0.717, 1.165) is 4.68 Å². The van der Waals surface area contributed by atoms with Crippen LogP contribution in [0.4, 0.5) is 13.2 Å². The summed E-state index contributed by atoms with van der Waals surface area (Å²) in [5, 5.41) is 28.9. The highest BCUT2D eigenvalue weighted by molar-refractivity contribution is 6.30. The fourth-order valence-corrected chi connectivity index (χ4v) is 3.54. The van der Waals surface area contributed by atoms with E-state index < -0.39 is 30.6 Å². The smallest absolute Gasteiger partial charge is 0.385 e. The molecule has 3 heterocycles. The largest absolute Gasteiger partial charge is 0.416 e. The zero-order valence-corrected chi connectivity index (χ0v) is 19.9. The van der Waals surface area contributed by atoms with Gasteiger partial charge in [-0.25, -0.2) is 19.4 Å². The van der Waals surface area contributed by atoms with Crippen molar-refractivity contribution in [3.63, 3.8) is 0 Å². The Bertz CT molecular complexity index is 1410. The summed E-state index contributed by atoms with van der Waals surface area (Å²) in [6.07, 6.45) is -7.43. The fourth-order valence-electron chi connectivity index (χ4n) is 3.30. The van der Waals surface area contributed by atoms with Crippen molar-refractivity contribution >= 4 is 23.2 Å². The summed E-state index contributed by atoms with van der Waals surface area (Å²) < 4.78 is 42.0. The normalized spacial score (nSPS) is 13.7. The Morgan fingerprint density at radius 2 is 1.69 bits per heavy atom. The summed E-state index contributed by atoms with van der Waals surface area (Å²) in [6.45, 7) is 0.0445. The van der Waals surface area contributed by atoms with Gasteiger partial charge in [-0.15, -0.1) is 10.2 Å². The number of aromatic nitrogens is 7. The minimum Gasteiger partial charge on any atom is -0.385 e. The molecule has 0 amide bonds. The van der Waals surface area contributed by atoms with Crippen molar-refractivity contribution in [3.05, 3.63) is 74.8 Å². The van der Waals surface area contributed by atoms with Crippen molar-refractivity contribution in [1.29, 1.82) is 0 Å². The van der Waals surface area contributed by atoms with Crippen LogP contribution >= 0.6 is 23.2 Å². The lowest BCUT2D eigenvalue weighted by molar-refractivity contribution is -0.207. The minimum atomic E-state index is -4.95. The predicted octanol–water partition coefficient (Wildman–Crippen LogP) is 3.02. The van der Waals surface area contributed by atoms with Crippen LogP contribution in [0.3, 0.4) is 0 Å². The molecule has 1 aromatic carbocycles. The number of alkyl halides is 3. The van der Waals surface area contributed by atoms with Gasteiger partial charge in [-0.3, -0.25) is 4.57 Å². The quantitative estimate of drug-likeness (QED) is 0.367. The van der Waals surface area contributed by atoms with Crippen molar-refractivity contribution in [2.24, 2.45) is 0 Å². The van der Waals surface area contributed by atoms with E-state index in [4.69, 9.17) is 23.2 Å². The number of hydrogen-bond donors (Lipinski definition) is 2. The van der Waals surface area contributed by atoms with Gasteiger partial charge in [0.05, 0.1) is 11.6 Å². The molecule has 15 heteroatoms. The number of rotatable bonds is 7. The molecule has 2 N–H and O–H groups in total. The lowest BCUT2D eigenvalue weighted by atomic mass is 10.2. The van der Waals surface area contributed by atoms with E-state index >= 15 is 0 Å². The SMILES string of the molecule is CC(O)c1nc(Cn2nc(-c3ccc(Cl)cc3)n(CC(O)C(F)(F)F)c2=O)nn1-c1ccc(Cl)cn1. The molecule has 3 aromatic heterocycles. The van der Waals surface area contributed by atoms with Gasteiger partial charge in [0.25, 0.3) is 0 Å². The molecule has 0 saturated heterocycles. The highest BCUT2D eigenvalue weighted by atomic mass is 35.5. The Kier molecular flexibility index (Phi) is 7.18. The van der Waals surface area contributed by atoms with E-state index in [2.05, 4.69) is 20.2 Å². The average Bonchev–Trinajstić information content (AvgIpc) is 3.37. The number of aliphatic hydroxyl groups excluding tert-OH is 2. The highest BCUT2D eigenvalue weighted by Crippen LogP contribution is 2.24. The van der Waals surface area contributed by atoms with E-state index in [-0.39, 0.29) is 24.0 Å². The van der Waals surface area contributed by atoms with E-state index in [1.807, 2.05) is 0 Å². The zero-order valence-electron chi connectivity index (χ0n) is 18.4. The summed E-state index contributed by atoms with van der Waals surface area (Å²) in [6, 6.07) is 9.05. The van der Waals surface area contributed by atoms with Gasteiger partial charge in [-0.05, 0) is 43.3 Å². The molecular formula is C21H18Cl2F3N7O3. The standard InChI is InChI=1S/C21H18Cl2F3N7O3/c1-11(34)18-28-16(29-33(18)17-7-6-14(23)8-27-17)10-32-20(36)31(9-15(35)21(24,25)26)19(30-32)12-2-4-13(22)5-3-12/h2-8,11,15,34-35H,9-10H2,1H3. The van der Waals surface area contributed by atoms with Crippen LogP contribution in [0.1, 0.15) is 24.7 Å². The Morgan fingerprint density at radius 1 is 1.03 bits per heavy atom. The van der Waals surface area contributed by atoms with Gasteiger partial charge in [-0.1, -0.05) is 23.2 Å². The van der Waals surface area contributed by atoms with E-state index in [1.165, 1.54) is 42.1 Å². The van der Waals surface area contributed by atoms with Crippen molar-refractivity contribution in [1.82, 2.24) is 34.1 Å². The van der Waals surface area contributed by atoms with Gasteiger partial charge in [0.1, 0.15) is 12.6 Å². The molecular weight excluding hydrogens is 526 g/mol. The van der Waals surface area contributed by atoms with Gasteiger partial charge in [0.15, 0.2) is 29.4 Å². The first-order valence-electron chi connectivity index (χ1n) is 10.4. The Labute approximate surface area is 211 Å². The summed E-state index contributed by atoms with van der Waals surface area (Å²) in [5.74, 6) is 0.322. The van der Waals surface area contributed by atoms with Crippen LogP contribution in [-0.4, -0.2) is 56.6 Å². The zero-order chi connectivity index (χ0) is 26.2. The fraction of sp³-hybridized carbons (Fsp3) is 0.286. The third kappa shape index (κ3) is 5.43. The number of halogens is 5. The van der Waals surface area contributed by atoms with E-state index in [9.17, 15) is 28.2 Å². The van der Waals surface area contributed by atoms with Crippen LogP contribution in [0.2, 0.25) is 10.0 Å². The number of benzene rings is 1. The third-order valence-electron chi connectivity index (χ3n) is 5.03. The predicted molar refractivity (Wildman–Crippen MR) is 123 cm³/mol. The molecule has 0 aliphatic rings. The topological polar surface area (TPSA) is 124 Å². The van der Waals surface area contributed by atoms with Crippen LogP contribution in [-0.2, 0) is 13.1 Å². The first-order valence-corrected chi connectivity index (χ1v) is 11.1. The van der Waals surface area contributed by atoms with Crippen LogP contribution in [0.15, 0.2) is 47.4 Å². The molecule has 0 aliphatic heterocycles. The van der Waals surface area contributed by atoms with Crippen molar-refractivity contribution < 1.29 is 23.4 Å². The minimum absolute atomic E-state index is 0.0356. The van der Waals surface area contributed by atoms with Crippen LogP contribution in [0.5, 0.6) is 0 Å². The maximum atomic E-state index is 13.1. The summed E-state index contributed by atoms with van der Waals surface area (Å²) in [7, 11) is 0. The second-order valence-corrected chi connectivity index (χ2v) is 8.62. The Morgan fingerprint density at radius 3 is 2.28 bits per heavy atom. The molecule has 4 rings (SSSR count). The first-order chi connectivity index (χ1) is 16.9. The molecule has 190 valence electrons. The van der Waals surface area contributed by atoms with Gasteiger partial charge in [0, 0.05) is 16.8 Å². The lowest BCUT2D eigenvalue weighted by Gasteiger charge is -2.15. The Balaban J connectivity index is 1.76. The van der Waals surface area contributed by atoms with E-state index in [0.29, 0.717) is 26.0 Å². The third-order valence-corrected chi connectivity index (χ3v) is 5.50. The van der Waals surface area contributed by atoms with Gasteiger partial charge >= 0.3 is 11.9 Å².